The second kappa shape index (κ2) is 6.43. The molecule has 0 aliphatic carbocycles. The standard InChI is InChI=1S/C14H21N5/c1-4-5-10-19-13(11-18(2)3)16-14(17-19)12-6-8-15-9-7-12/h6-9H,4-5,10-11H2,1-3H3. The maximum atomic E-state index is 4.66. The van der Waals surface area contributed by atoms with Crippen LogP contribution in [0.4, 0.5) is 0 Å². The van der Waals surface area contributed by atoms with Crippen molar-refractivity contribution in [2.75, 3.05) is 14.1 Å². The zero-order chi connectivity index (χ0) is 13.7. The Kier molecular flexibility index (Phi) is 4.63. The molecule has 0 aliphatic rings. The van der Waals surface area contributed by atoms with E-state index in [0.29, 0.717) is 0 Å². The van der Waals surface area contributed by atoms with Crippen LogP contribution in [-0.4, -0.2) is 38.7 Å². The molecular formula is C14H21N5. The Balaban J connectivity index is 2.28. The van der Waals surface area contributed by atoms with E-state index in [4.69, 9.17) is 0 Å². The summed E-state index contributed by atoms with van der Waals surface area (Å²) in [6.07, 6.45) is 5.83. The molecule has 2 rings (SSSR count). The molecule has 0 bridgehead atoms. The van der Waals surface area contributed by atoms with Crippen molar-refractivity contribution in [2.45, 2.75) is 32.9 Å². The van der Waals surface area contributed by atoms with Gasteiger partial charge in [-0.2, -0.15) is 5.10 Å². The summed E-state index contributed by atoms with van der Waals surface area (Å²) in [4.78, 5) is 10.8. The van der Waals surface area contributed by atoms with Crippen molar-refractivity contribution < 1.29 is 0 Å². The van der Waals surface area contributed by atoms with Gasteiger partial charge in [0.25, 0.3) is 0 Å². The topological polar surface area (TPSA) is 46.8 Å². The van der Waals surface area contributed by atoms with Gasteiger partial charge in [0.05, 0.1) is 6.54 Å². The first-order chi connectivity index (χ1) is 9.20. The van der Waals surface area contributed by atoms with Gasteiger partial charge in [0, 0.05) is 24.5 Å². The number of hydrogen-bond acceptors (Lipinski definition) is 4. The van der Waals surface area contributed by atoms with Crippen molar-refractivity contribution in [3.8, 4) is 11.4 Å². The average Bonchev–Trinajstić information content (AvgIpc) is 2.80. The van der Waals surface area contributed by atoms with Gasteiger partial charge in [-0.3, -0.25) is 4.98 Å². The van der Waals surface area contributed by atoms with Crippen LogP contribution >= 0.6 is 0 Å². The summed E-state index contributed by atoms with van der Waals surface area (Å²) >= 11 is 0. The molecule has 0 atom stereocenters. The van der Waals surface area contributed by atoms with Gasteiger partial charge >= 0.3 is 0 Å². The third kappa shape index (κ3) is 3.61. The number of rotatable bonds is 6. The normalized spacial score (nSPS) is 11.2. The maximum absolute atomic E-state index is 4.66. The van der Waals surface area contributed by atoms with Gasteiger partial charge in [0.2, 0.25) is 0 Å². The lowest BCUT2D eigenvalue weighted by Gasteiger charge is -2.09. The number of hydrogen-bond donors (Lipinski definition) is 0. The second-order valence-electron chi connectivity index (χ2n) is 4.90. The number of aryl methyl sites for hydroxylation is 1. The van der Waals surface area contributed by atoms with Gasteiger partial charge in [-0.25, -0.2) is 9.67 Å². The van der Waals surface area contributed by atoms with Gasteiger partial charge in [0.1, 0.15) is 5.82 Å². The molecule has 0 saturated carbocycles. The Labute approximate surface area is 114 Å². The maximum Gasteiger partial charge on any atom is 0.181 e. The lowest BCUT2D eigenvalue weighted by atomic mass is 10.2. The van der Waals surface area contributed by atoms with E-state index in [0.717, 1.165) is 43.1 Å². The molecule has 0 aliphatic heterocycles. The van der Waals surface area contributed by atoms with Crippen LogP contribution in [0.5, 0.6) is 0 Å². The van der Waals surface area contributed by atoms with Gasteiger partial charge in [-0.05, 0) is 32.6 Å². The first kappa shape index (κ1) is 13.7. The lowest BCUT2D eigenvalue weighted by molar-refractivity contribution is 0.373. The van der Waals surface area contributed by atoms with Gasteiger partial charge in [-0.1, -0.05) is 13.3 Å². The second-order valence-corrected chi connectivity index (χ2v) is 4.90. The number of aromatic nitrogens is 4. The Morgan fingerprint density at radius 2 is 1.95 bits per heavy atom. The molecule has 0 aromatic carbocycles. The van der Waals surface area contributed by atoms with Crippen molar-refractivity contribution in [1.29, 1.82) is 0 Å². The largest absolute Gasteiger partial charge is 0.302 e. The SMILES string of the molecule is CCCCn1nc(-c2ccncc2)nc1CN(C)C. The fourth-order valence-corrected chi connectivity index (χ4v) is 1.88. The molecule has 0 amide bonds. The number of unbranched alkanes of at least 4 members (excludes halogenated alkanes) is 1. The van der Waals surface area contributed by atoms with Crippen LogP contribution in [0.2, 0.25) is 0 Å². The number of pyridine rings is 1. The highest BCUT2D eigenvalue weighted by Crippen LogP contribution is 2.15. The highest BCUT2D eigenvalue weighted by atomic mass is 15.4. The first-order valence-corrected chi connectivity index (χ1v) is 6.69. The Morgan fingerprint density at radius 3 is 2.58 bits per heavy atom. The van der Waals surface area contributed by atoms with E-state index in [-0.39, 0.29) is 0 Å². The summed E-state index contributed by atoms with van der Waals surface area (Å²) in [7, 11) is 4.09. The molecule has 0 unspecified atom stereocenters. The Bertz CT molecular complexity index is 504. The van der Waals surface area contributed by atoms with Crippen molar-refractivity contribution in [3.63, 3.8) is 0 Å². The fraction of sp³-hybridized carbons (Fsp3) is 0.500. The van der Waals surface area contributed by atoms with E-state index >= 15 is 0 Å². The smallest absolute Gasteiger partial charge is 0.181 e. The van der Waals surface area contributed by atoms with Crippen LogP contribution in [-0.2, 0) is 13.1 Å². The minimum absolute atomic E-state index is 0.787. The minimum Gasteiger partial charge on any atom is -0.302 e. The molecular weight excluding hydrogens is 238 g/mol. The van der Waals surface area contributed by atoms with E-state index in [1.165, 1.54) is 0 Å². The average molecular weight is 259 g/mol. The predicted octanol–water partition coefficient (Wildman–Crippen LogP) is 2.20. The van der Waals surface area contributed by atoms with Crippen molar-refractivity contribution in [3.05, 3.63) is 30.4 Å². The third-order valence-corrected chi connectivity index (χ3v) is 2.87. The van der Waals surface area contributed by atoms with Crippen molar-refractivity contribution in [1.82, 2.24) is 24.6 Å². The summed E-state index contributed by atoms with van der Waals surface area (Å²) < 4.78 is 2.03. The van der Waals surface area contributed by atoms with Crippen LogP contribution in [0.15, 0.2) is 24.5 Å². The summed E-state index contributed by atoms with van der Waals surface area (Å²) in [6.45, 7) is 3.92. The lowest BCUT2D eigenvalue weighted by Crippen LogP contribution is -2.16. The fourth-order valence-electron chi connectivity index (χ4n) is 1.88. The van der Waals surface area contributed by atoms with Crippen LogP contribution in [0.3, 0.4) is 0 Å². The van der Waals surface area contributed by atoms with Gasteiger partial charge in [0.15, 0.2) is 5.82 Å². The Morgan fingerprint density at radius 1 is 1.21 bits per heavy atom. The van der Waals surface area contributed by atoms with Crippen LogP contribution in [0, 0.1) is 0 Å². The van der Waals surface area contributed by atoms with Crippen LogP contribution in [0.25, 0.3) is 11.4 Å². The molecule has 102 valence electrons. The van der Waals surface area contributed by atoms with E-state index in [1.807, 2.05) is 30.9 Å². The molecule has 2 heterocycles. The highest BCUT2D eigenvalue weighted by molar-refractivity contribution is 5.53. The summed E-state index contributed by atoms with van der Waals surface area (Å²) in [6, 6.07) is 3.89. The molecule has 19 heavy (non-hydrogen) atoms. The predicted molar refractivity (Wildman–Crippen MR) is 75.6 cm³/mol. The monoisotopic (exact) mass is 259 g/mol. The third-order valence-electron chi connectivity index (χ3n) is 2.87. The zero-order valence-corrected chi connectivity index (χ0v) is 11.9. The van der Waals surface area contributed by atoms with Crippen LogP contribution in [0.1, 0.15) is 25.6 Å². The quantitative estimate of drug-likeness (QED) is 0.798. The van der Waals surface area contributed by atoms with Gasteiger partial charge in [-0.15, -0.1) is 0 Å². The molecule has 2 aromatic heterocycles. The zero-order valence-electron chi connectivity index (χ0n) is 11.9. The van der Waals surface area contributed by atoms with E-state index in [9.17, 15) is 0 Å². The molecule has 5 nitrogen and oxygen atoms in total. The summed E-state index contributed by atoms with van der Waals surface area (Å²) in [5.74, 6) is 1.81. The molecule has 0 radical (unpaired) electrons. The minimum atomic E-state index is 0.787. The first-order valence-electron chi connectivity index (χ1n) is 6.69. The molecule has 5 heteroatoms. The molecule has 2 aromatic rings. The Hall–Kier alpha value is -1.75. The summed E-state index contributed by atoms with van der Waals surface area (Å²) in [5.41, 5.74) is 1.02. The molecule has 0 saturated heterocycles. The van der Waals surface area contributed by atoms with E-state index in [2.05, 4.69) is 26.9 Å². The van der Waals surface area contributed by atoms with Gasteiger partial charge < -0.3 is 4.90 Å². The van der Waals surface area contributed by atoms with Crippen molar-refractivity contribution in [2.24, 2.45) is 0 Å². The highest BCUT2D eigenvalue weighted by Gasteiger charge is 2.11. The van der Waals surface area contributed by atoms with E-state index in [1.54, 1.807) is 12.4 Å². The van der Waals surface area contributed by atoms with Crippen molar-refractivity contribution >= 4 is 0 Å². The van der Waals surface area contributed by atoms with Crippen LogP contribution < -0.4 is 0 Å². The van der Waals surface area contributed by atoms with E-state index < -0.39 is 0 Å². The summed E-state index contributed by atoms with van der Waals surface area (Å²) in [5, 5.41) is 4.62. The number of nitrogens with zero attached hydrogens (tertiary/aromatic N) is 5. The molecule has 0 spiro atoms. The molecule has 0 N–H and O–H groups in total. The molecule has 0 fully saturated rings.